The molecule has 0 amide bonds. The standard InChI is InChI=1S/C24H27N/c1-20(19-21-11-5-2-6-12-21)25-18-17-24(22-13-7-3-8-14-22)23-15-9-4-10-16-23/h2-16,20,24-25H,17-19H2,1H3/p+1/t20-/m0/s1. The second-order valence-corrected chi connectivity index (χ2v) is 6.85. The van der Waals surface area contributed by atoms with E-state index in [4.69, 9.17) is 0 Å². The van der Waals surface area contributed by atoms with Crippen LogP contribution in [0.1, 0.15) is 36.0 Å². The van der Waals surface area contributed by atoms with Gasteiger partial charge in [-0.1, -0.05) is 91.0 Å². The number of nitrogens with two attached hydrogens (primary N) is 1. The Morgan fingerprint density at radius 1 is 0.680 bits per heavy atom. The van der Waals surface area contributed by atoms with E-state index in [0.29, 0.717) is 12.0 Å². The van der Waals surface area contributed by atoms with Crippen LogP contribution in [-0.4, -0.2) is 12.6 Å². The summed E-state index contributed by atoms with van der Waals surface area (Å²) >= 11 is 0. The molecule has 1 nitrogen and oxygen atoms in total. The quantitative estimate of drug-likeness (QED) is 0.630. The maximum absolute atomic E-state index is 2.49. The number of hydrogen-bond acceptors (Lipinski definition) is 0. The van der Waals surface area contributed by atoms with Gasteiger partial charge in [0.15, 0.2) is 0 Å². The second kappa shape index (κ2) is 9.19. The highest BCUT2D eigenvalue weighted by Crippen LogP contribution is 2.26. The molecule has 0 spiro atoms. The third-order valence-corrected chi connectivity index (χ3v) is 4.83. The zero-order valence-corrected chi connectivity index (χ0v) is 15.0. The smallest absolute Gasteiger partial charge is 0.0871 e. The summed E-state index contributed by atoms with van der Waals surface area (Å²) in [5.41, 5.74) is 4.25. The number of benzene rings is 3. The minimum Gasteiger partial charge on any atom is -0.344 e. The molecule has 3 rings (SSSR count). The van der Waals surface area contributed by atoms with Crippen LogP contribution < -0.4 is 5.32 Å². The zero-order chi connectivity index (χ0) is 17.3. The molecule has 3 aromatic rings. The van der Waals surface area contributed by atoms with Crippen molar-refractivity contribution in [1.29, 1.82) is 0 Å². The second-order valence-electron chi connectivity index (χ2n) is 6.85. The molecule has 0 radical (unpaired) electrons. The van der Waals surface area contributed by atoms with Crippen molar-refractivity contribution >= 4 is 0 Å². The highest BCUT2D eigenvalue weighted by Gasteiger charge is 2.15. The minimum absolute atomic E-state index is 0.475. The Bertz CT molecular complexity index is 682. The van der Waals surface area contributed by atoms with Crippen molar-refractivity contribution in [2.24, 2.45) is 0 Å². The molecule has 1 heteroatoms. The molecule has 0 aliphatic carbocycles. The average Bonchev–Trinajstić information content (AvgIpc) is 2.67. The Labute approximate surface area is 151 Å². The van der Waals surface area contributed by atoms with Crippen molar-refractivity contribution in [3.63, 3.8) is 0 Å². The summed E-state index contributed by atoms with van der Waals surface area (Å²) in [5.74, 6) is 0.475. The first-order valence-electron chi connectivity index (χ1n) is 9.30. The molecule has 1 atom stereocenters. The van der Waals surface area contributed by atoms with Gasteiger partial charge in [0.25, 0.3) is 0 Å². The largest absolute Gasteiger partial charge is 0.344 e. The number of quaternary nitrogens is 1. The monoisotopic (exact) mass is 330 g/mol. The Kier molecular flexibility index (Phi) is 6.42. The molecular formula is C24H28N+. The number of rotatable bonds is 8. The van der Waals surface area contributed by atoms with E-state index in [-0.39, 0.29) is 0 Å². The lowest BCUT2D eigenvalue weighted by molar-refractivity contribution is -0.686. The van der Waals surface area contributed by atoms with Gasteiger partial charge in [0, 0.05) is 18.8 Å². The first kappa shape index (κ1) is 17.4. The summed E-state index contributed by atoms with van der Waals surface area (Å²) in [7, 11) is 0. The van der Waals surface area contributed by atoms with E-state index in [1.807, 2.05) is 0 Å². The summed E-state index contributed by atoms with van der Waals surface area (Å²) in [4.78, 5) is 0. The van der Waals surface area contributed by atoms with Crippen LogP contribution in [0.5, 0.6) is 0 Å². The predicted octanol–water partition coefficient (Wildman–Crippen LogP) is 4.40. The van der Waals surface area contributed by atoms with Crippen molar-refractivity contribution in [3.8, 4) is 0 Å². The molecule has 0 fully saturated rings. The molecule has 25 heavy (non-hydrogen) atoms. The first-order chi connectivity index (χ1) is 12.3. The van der Waals surface area contributed by atoms with Crippen molar-refractivity contribution in [1.82, 2.24) is 0 Å². The molecule has 0 saturated heterocycles. The van der Waals surface area contributed by atoms with E-state index in [2.05, 4.69) is 103 Å². The van der Waals surface area contributed by atoms with Gasteiger partial charge >= 0.3 is 0 Å². The fraction of sp³-hybridized carbons (Fsp3) is 0.250. The minimum atomic E-state index is 0.475. The lowest BCUT2D eigenvalue weighted by Crippen LogP contribution is -2.89. The van der Waals surface area contributed by atoms with Crippen molar-refractivity contribution in [3.05, 3.63) is 108 Å². The Hall–Kier alpha value is -2.38. The molecule has 0 heterocycles. The van der Waals surface area contributed by atoms with E-state index in [9.17, 15) is 0 Å². The van der Waals surface area contributed by atoms with Crippen molar-refractivity contribution in [2.75, 3.05) is 6.54 Å². The Morgan fingerprint density at radius 2 is 1.16 bits per heavy atom. The van der Waals surface area contributed by atoms with Gasteiger partial charge in [0.2, 0.25) is 0 Å². The van der Waals surface area contributed by atoms with Crippen LogP contribution in [0.15, 0.2) is 91.0 Å². The fourth-order valence-electron chi connectivity index (χ4n) is 3.51. The van der Waals surface area contributed by atoms with Gasteiger partial charge in [-0.15, -0.1) is 0 Å². The highest BCUT2D eigenvalue weighted by molar-refractivity contribution is 5.32. The predicted molar refractivity (Wildman–Crippen MR) is 106 cm³/mol. The van der Waals surface area contributed by atoms with Crippen LogP contribution in [0.25, 0.3) is 0 Å². The molecule has 3 aromatic carbocycles. The SMILES string of the molecule is C[C@@H](Cc1ccccc1)[NH2+]CCC(c1ccccc1)c1ccccc1. The summed E-state index contributed by atoms with van der Waals surface area (Å²) in [6.07, 6.45) is 2.29. The van der Waals surface area contributed by atoms with E-state index >= 15 is 0 Å². The van der Waals surface area contributed by atoms with E-state index < -0.39 is 0 Å². The van der Waals surface area contributed by atoms with Crippen molar-refractivity contribution < 1.29 is 5.32 Å². The number of hydrogen-bond donors (Lipinski definition) is 1. The zero-order valence-electron chi connectivity index (χ0n) is 15.0. The molecule has 0 aliphatic rings. The normalized spacial score (nSPS) is 12.2. The summed E-state index contributed by atoms with van der Waals surface area (Å²) in [5, 5.41) is 2.49. The van der Waals surface area contributed by atoms with Gasteiger partial charge in [0.1, 0.15) is 0 Å². The van der Waals surface area contributed by atoms with Crippen LogP contribution in [-0.2, 0) is 6.42 Å². The molecule has 0 aromatic heterocycles. The van der Waals surface area contributed by atoms with Crippen LogP contribution in [0.2, 0.25) is 0 Å². The maximum atomic E-state index is 2.49. The lowest BCUT2D eigenvalue weighted by atomic mass is 9.88. The van der Waals surface area contributed by atoms with E-state index in [1.165, 1.54) is 16.7 Å². The first-order valence-corrected chi connectivity index (χ1v) is 9.30. The van der Waals surface area contributed by atoms with Gasteiger partial charge in [-0.05, 0) is 23.6 Å². The van der Waals surface area contributed by atoms with E-state index in [0.717, 1.165) is 19.4 Å². The van der Waals surface area contributed by atoms with Crippen LogP contribution in [0.4, 0.5) is 0 Å². The topological polar surface area (TPSA) is 16.6 Å². The van der Waals surface area contributed by atoms with Gasteiger partial charge in [-0.3, -0.25) is 0 Å². The average molecular weight is 330 g/mol. The summed E-state index contributed by atoms with van der Waals surface area (Å²) in [6.45, 7) is 3.47. The van der Waals surface area contributed by atoms with Gasteiger partial charge < -0.3 is 5.32 Å². The third-order valence-electron chi connectivity index (χ3n) is 4.83. The summed E-state index contributed by atoms with van der Waals surface area (Å²) in [6, 6.07) is 33.2. The van der Waals surface area contributed by atoms with Crippen LogP contribution >= 0.6 is 0 Å². The van der Waals surface area contributed by atoms with Gasteiger partial charge in [0.05, 0.1) is 12.6 Å². The van der Waals surface area contributed by atoms with E-state index in [1.54, 1.807) is 0 Å². The lowest BCUT2D eigenvalue weighted by Gasteiger charge is -2.19. The summed E-state index contributed by atoms with van der Waals surface area (Å²) < 4.78 is 0. The van der Waals surface area contributed by atoms with Gasteiger partial charge in [-0.2, -0.15) is 0 Å². The van der Waals surface area contributed by atoms with Crippen molar-refractivity contribution in [2.45, 2.75) is 31.7 Å². The molecule has 128 valence electrons. The molecule has 0 unspecified atom stereocenters. The van der Waals surface area contributed by atoms with Crippen LogP contribution in [0, 0.1) is 0 Å². The Balaban J connectivity index is 1.60. The third kappa shape index (κ3) is 5.30. The fourth-order valence-corrected chi connectivity index (χ4v) is 3.51. The molecule has 0 aliphatic heterocycles. The van der Waals surface area contributed by atoms with Crippen LogP contribution in [0.3, 0.4) is 0 Å². The molecule has 0 saturated carbocycles. The molecular weight excluding hydrogens is 302 g/mol. The molecule has 2 N–H and O–H groups in total. The maximum Gasteiger partial charge on any atom is 0.0871 e. The molecule has 0 bridgehead atoms. The van der Waals surface area contributed by atoms with Gasteiger partial charge in [-0.25, -0.2) is 0 Å². The highest BCUT2D eigenvalue weighted by atomic mass is 14.9. The Morgan fingerprint density at radius 3 is 1.68 bits per heavy atom.